The molecule has 0 bridgehead atoms. The van der Waals surface area contributed by atoms with Gasteiger partial charge in [0.2, 0.25) is 0 Å². The van der Waals surface area contributed by atoms with E-state index in [0.717, 1.165) is 45.9 Å². The molecule has 0 saturated heterocycles. The highest BCUT2D eigenvalue weighted by Gasteiger charge is 2.17. The molecule has 130 valence electrons. The average Bonchev–Trinajstić information content (AvgIpc) is 3.07. The van der Waals surface area contributed by atoms with E-state index < -0.39 is 0 Å². The van der Waals surface area contributed by atoms with Crippen LogP contribution in [-0.2, 0) is 6.42 Å². The van der Waals surface area contributed by atoms with Crippen molar-refractivity contribution in [3.05, 3.63) is 72.3 Å². The Hall–Kier alpha value is -3.21. The molecule has 5 heteroatoms. The number of aromatic nitrogens is 3. The van der Waals surface area contributed by atoms with Crippen LogP contribution < -0.4 is 4.74 Å². The second kappa shape index (κ2) is 6.59. The fourth-order valence-electron chi connectivity index (χ4n) is 3.13. The lowest BCUT2D eigenvalue weighted by Crippen LogP contribution is -1.96. The Kier molecular flexibility index (Phi) is 4.13. The van der Waals surface area contributed by atoms with Crippen LogP contribution in [0.1, 0.15) is 12.6 Å². The number of nitrogens with zero attached hydrogens (tertiary/aromatic N) is 3. The van der Waals surface area contributed by atoms with Crippen molar-refractivity contribution in [2.24, 2.45) is 0 Å². The normalized spacial score (nSPS) is 11.0. The Bertz CT molecular complexity index is 1050. The van der Waals surface area contributed by atoms with Crippen molar-refractivity contribution in [2.45, 2.75) is 13.3 Å². The van der Waals surface area contributed by atoms with Gasteiger partial charge in [-0.1, -0.05) is 19.1 Å². The van der Waals surface area contributed by atoms with E-state index in [2.05, 4.69) is 11.9 Å². The molecule has 0 spiro atoms. The van der Waals surface area contributed by atoms with Crippen molar-refractivity contribution in [3.8, 4) is 28.1 Å². The Labute approximate surface area is 150 Å². The van der Waals surface area contributed by atoms with E-state index in [1.807, 2.05) is 34.8 Å². The molecule has 0 amide bonds. The standard InChI is InChI=1S/C21H18FN3O/c1-3-18-20(15-4-8-16(22)9-5-15)21-23-13-12-19(25(21)24-18)14-6-10-17(26-2)11-7-14/h4-13H,3H2,1-2H3. The Balaban J connectivity index is 1.93. The lowest BCUT2D eigenvalue weighted by molar-refractivity contribution is 0.415. The molecule has 2 heterocycles. The second-order valence-corrected chi connectivity index (χ2v) is 5.98. The number of fused-ring (bicyclic) bond motifs is 1. The minimum Gasteiger partial charge on any atom is -0.497 e. The van der Waals surface area contributed by atoms with Crippen LogP contribution in [0.2, 0.25) is 0 Å². The Morgan fingerprint density at radius 2 is 1.65 bits per heavy atom. The van der Waals surface area contributed by atoms with Gasteiger partial charge in [-0.2, -0.15) is 5.10 Å². The predicted molar refractivity (Wildman–Crippen MR) is 99.7 cm³/mol. The van der Waals surface area contributed by atoms with E-state index in [0.29, 0.717) is 0 Å². The van der Waals surface area contributed by atoms with Crippen LogP contribution >= 0.6 is 0 Å². The van der Waals surface area contributed by atoms with E-state index in [1.54, 1.807) is 25.4 Å². The molecule has 4 nitrogen and oxygen atoms in total. The van der Waals surface area contributed by atoms with Gasteiger partial charge in [0.05, 0.1) is 18.5 Å². The first-order chi connectivity index (χ1) is 12.7. The van der Waals surface area contributed by atoms with Crippen molar-refractivity contribution in [1.29, 1.82) is 0 Å². The maximum absolute atomic E-state index is 13.3. The molecule has 0 aliphatic carbocycles. The average molecular weight is 347 g/mol. The van der Waals surface area contributed by atoms with Gasteiger partial charge in [-0.3, -0.25) is 0 Å². The third-order valence-corrected chi connectivity index (χ3v) is 4.44. The molecule has 0 N–H and O–H groups in total. The predicted octanol–water partition coefficient (Wildman–Crippen LogP) is 4.77. The molecule has 0 atom stereocenters. The molecular formula is C21H18FN3O. The van der Waals surface area contributed by atoms with Crippen LogP contribution in [-0.4, -0.2) is 21.7 Å². The topological polar surface area (TPSA) is 39.4 Å². The summed E-state index contributed by atoms with van der Waals surface area (Å²) in [4.78, 5) is 4.55. The van der Waals surface area contributed by atoms with E-state index >= 15 is 0 Å². The summed E-state index contributed by atoms with van der Waals surface area (Å²) in [5.41, 5.74) is 5.53. The van der Waals surface area contributed by atoms with Crippen LogP contribution in [0.3, 0.4) is 0 Å². The maximum atomic E-state index is 13.3. The first kappa shape index (κ1) is 16.3. The Morgan fingerprint density at radius 3 is 2.31 bits per heavy atom. The third-order valence-electron chi connectivity index (χ3n) is 4.44. The quantitative estimate of drug-likeness (QED) is 0.534. The van der Waals surface area contributed by atoms with Gasteiger partial charge in [0.1, 0.15) is 11.6 Å². The summed E-state index contributed by atoms with van der Waals surface area (Å²) in [5.74, 6) is 0.552. The number of aryl methyl sites for hydroxylation is 1. The smallest absolute Gasteiger partial charge is 0.163 e. The van der Waals surface area contributed by atoms with Gasteiger partial charge in [-0.05, 0) is 54.4 Å². The van der Waals surface area contributed by atoms with Gasteiger partial charge < -0.3 is 4.74 Å². The highest BCUT2D eigenvalue weighted by Crippen LogP contribution is 2.31. The SMILES string of the molecule is CCc1nn2c(-c3ccc(OC)cc3)ccnc2c1-c1ccc(F)cc1. The van der Waals surface area contributed by atoms with E-state index in [1.165, 1.54) is 12.1 Å². The summed E-state index contributed by atoms with van der Waals surface area (Å²) in [6, 6.07) is 16.3. The van der Waals surface area contributed by atoms with Crippen molar-refractivity contribution in [2.75, 3.05) is 7.11 Å². The number of halogens is 1. The van der Waals surface area contributed by atoms with Gasteiger partial charge in [0.25, 0.3) is 0 Å². The van der Waals surface area contributed by atoms with Crippen LogP contribution in [0.5, 0.6) is 5.75 Å². The van der Waals surface area contributed by atoms with E-state index in [4.69, 9.17) is 9.84 Å². The van der Waals surface area contributed by atoms with Crippen molar-refractivity contribution < 1.29 is 9.13 Å². The van der Waals surface area contributed by atoms with Gasteiger partial charge in [0.15, 0.2) is 5.65 Å². The molecular weight excluding hydrogens is 329 g/mol. The zero-order valence-electron chi connectivity index (χ0n) is 14.6. The number of hydrogen-bond donors (Lipinski definition) is 0. The van der Waals surface area contributed by atoms with Crippen molar-refractivity contribution in [3.63, 3.8) is 0 Å². The Morgan fingerprint density at radius 1 is 0.962 bits per heavy atom. The van der Waals surface area contributed by atoms with Crippen LogP contribution in [0, 0.1) is 5.82 Å². The minimum atomic E-state index is -0.254. The molecule has 2 aromatic heterocycles. The monoisotopic (exact) mass is 347 g/mol. The number of ether oxygens (including phenoxy) is 1. The summed E-state index contributed by atoms with van der Waals surface area (Å²) < 4.78 is 20.4. The van der Waals surface area contributed by atoms with Crippen molar-refractivity contribution in [1.82, 2.24) is 14.6 Å². The molecule has 26 heavy (non-hydrogen) atoms. The van der Waals surface area contributed by atoms with Crippen LogP contribution in [0.15, 0.2) is 60.8 Å². The highest BCUT2D eigenvalue weighted by molar-refractivity contribution is 5.81. The molecule has 0 aliphatic heterocycles. The maximum Gasteiger partial charge on any atom is 0.163 e. The van der Waals surface area contributed by atoms with E-state index in [-0.39, 0.29) is 5.82 Å². The summed E-state index contributed by atoms with van der Waals surface area (Å²) >= 11 is 0. The largest absolute Gasteiger partial charge is 0.497 e. The zero-order chi connectivity index (χ0) is 18.1. The fourth-order valence-corrected chi connectivity index (χ4v) is 3.13. The van der Waals surface area contributed by atoms with Crippen molar-refractivity contribution >= 4 is 5.65 Å². The summed E-state index contributed by atoms with van der Waals surface area (Å²) in [6.07, 6.45) is 2.54. The van der Waals surface area contributed by atoms with Gasteiger partial charge in [-0.15, -0.1) is 0 Å². The molecule has 2 aromatic carbocycles. The van der Waals surface area contributed by atoms with Gasteiger partial charge >= 0.3 is 0 Å². The number of rotatable bonds is 4. The molecule has 0 radical (unpaired) electrons. The summed E-state index contributed by atoms with van der Waals surface area (Å²) in [6.45, 7) is 2.06. The number of benzene rings is 2. The molecule has 4 aromatic rings. The first-order valence-electron chi connectivity index (χ1n) is 8.48. The zero-order valence-corrected chi connectivity index (χ0v) is 14.6. The molecule has 0 unspecified atom stereocenters. The molecule has 4 rings (SSSR count). The summed E-state index contributed by atoms with van der Waals surface area (Å²) in [7, 11) is 1.65. The lowest BCUT2D eigenvalue weighted by atomic mass is 10.0. The third kappa shape index (κ3) is 2.71. The molecule has 0 fully saturated rings. The molecule has 0 aliphatic rings. The summed E-state index contributed by atoms with van der Waals surface area (Å²) in [5, 5.41) is 4.78. The lowest BCUT2D eigenvalue weighted by Gasteiger charge is -2.06. The fraction of sp³-hybridized carbons (Fsp3) is 0.143. The number of methoxy groups -OCH3 is 1. The first-order valence-corrected chi connectivity index (χ1v) is 8.48. The molecule has 0 saturated carbocycles. The second-order valence-electron chi connectivity index (χ2n) is 5.98. The van der Waals surface area contributed by atoms with Gasteiger partial charge in [0, 0.05) is 17.3 Å². The van der Waals surface area contributed by atoms with Crippen LogP contribution in [0.4, 0.5) is 4.39 Å². The number of hydrogen-bond acceptors (Lipinski definition) is 3. The minimum absolute atomic E-state index is 0.254. The highest BCUT2D eigenvalue weighted by atomic mass is 19.1. The van der Waals surface area contributed by atoms with Crippen LogP contribution in [0.25, 0.3) is 28.0 Å². The van der Waals surface area contributed by atoms with Gasteiger partial charge in [-0.25, -0.2) is 13.9 Å². The van der Waals surface area contributed by atoms with E-state index in [9.17, 15) is 4.39 Å².